The molecule has 88 valence electrons. The highest BCUT2D eigenvalue weighted by molar-refractivity contribution is 7.20. The third-order valence-electron chi connectivity index (χ3n) is 3.15. The molecule has 0 bridgehead atoms. The van der Waals surface area contributed by atoms with Gasteiger partial charge in [-0.15, -0.1) is 11.3 Å². The standard InChI is InChI=1S/C13H14N2OS/c1-9(16)11-8-10-4-5-12(14-13(10)17-11)15-6-2-3-7-15/h4-5,8H,2-3,6-7H2,1H3. The van der Waals surface area contributed by atoms with E-state index in [0.29, 0.717) is 0 Å². The van der Waals surface area contributed by atoms with E-state index in [0.717, 1.165) is 34.0 Å². The van der Waals surface area contributed by atoms with Gasteiger partial charge >= 0.3 is 0 Å². The molecule has 1 aliphatic rings. The van der Waals surface area contributed by atoms with E-state index in [-0.39, 0.29) is 5.78 Å². The summed E-state index contributed by atoms with van der Waals surface area (Å²) >= 11 is 1.49. The number of anilines is 1. The number of ketones is 1. The van der Waals surface area contributed by atoms with Gasteiger partial charge in [0, 0.05) is 18.5 Å². The van der Waals surface area contributed by atoms with Crippen LogP contribution in [0, 0.1) is 0 Å². The van der Waals surface area contributed by atoms with E-state index in [1.54, 1.807) is 6.92 Å². The maximum atomic E-state index is 11.3. The van der Waals surface area contributed by atoms with Gasteiger partial charge in [-0.1, -0.05) is 0 Å². The van der Waals surface area contributed by atoms with Gasteiger partial charge in [-0.2, -0.15) is 0 Å². The Morgan fingerprint density at radius 3 is 2.82 bits per heavy atom. The first-order valence-corrected chi connectivity index (χ1v) is 6.72. The first kappa shape index (κ1) is 10.7. The molecule has 1 aliphatic heterocycles. The van der Waals surface area contributed by atoms with Crippen molar-refractivity contribution in [2.45, 2.75) is 19.8 Å². The van der Waals surface area contributed by atoms with Gasteiger partial charge in [0.05, 0.1) is 4.88 Å². The van der Waals surface area contributed by atoms with Crippen LogP contribution in [0.25, 0.3) is 10.2 Å². The molecule has 0 unspecified atom stereocenters. The molecular formula is C13H14N2OS. The van der Waals surface area contributed by atoms with Gasteiger partial charge in [0.2, 0.25) is 0 Å². The summed E-state index contributed by atoms with van der Waals surface area (Å²) in [4.78, 5) is 20.1. The summed E-state index contributed by atoms with van der Waals surface area (Å²) in [6.07, 6.45) is 2.51. The fraction of sp³-hybridized carbons (Fsp3) is 0.385. The zero-order valence-electron chi connectivity index (χ0n) is 9.77. The number of thiophene rings is 1. The van der Waals surface area contributed by atoms with Gasteiger partial charge in [0.15, 0.2) is 5.78 Å². The average Bonchev–Trinajstić information content (AvgIpc) is 2.97. The Morgan fingerprint density at radius 1 is 1.35 bits per heavy atom. The quantitative estimate of drug-likeness (QED) is 0.763. The second-order valence-electron chi connectivity index (χ2n) is 4.42. The van der Waals surface area contributed by atoms with Crippen LogP contribution in [0.2, 0.25) is 0 Å². The second-order valence-corrected chi connectivity index (χ2v) is 5.46. The zero-order chi connectivity index (χ0) is 11.8. The van der Waals surface area contributed by atoms with E-state index in [1.807, 2.05) is 6.07 Å². The van der Waals surface area contributed by atoms with Crippen LogP contribution in [-0.2, 0) is 0 Å². The Morgan fingerprint density at radius 2 is 2.12 bits per heavy atom. The third-order valence-corrected chi connectivity index (χ3v) is 4.29. The predicted molar refractivity (Wildman–Crippen MR) is 71.1 cm³/mol. The Hall–Kier alpha value is -1.42. The lowest BCUT2D eigenvalue weighted by Crippen LogP contribution is -2.18. The maximum absolute atomic E-state index is 11.3. The third kappa shape index (κ3) is 1.93. The molecule has 0 radical (unpaired) electrons. The largest absolute Gasteiger partial charge is 0.357 e. The molecule has 4 heteroatoms. The van der Waals surface area contributed by atoms with E-state index < -0.39 is 0 Å². The fourth-order valence-corrected chi connectivity index (χ4v) is 3.13. The average molecular weight is 246 g/mol. The number of hydrogen-bond donors (Lipinski definition) is 0. The topological polar surface area (TPSA) is 33.2 Å². The van der Waals surface area contributed by atoms with E-state index in [9.17, 15) is 4.79 Å². The van der Waals surface area contributed by atoms with Crippen LogP contribution in [0.3, 0.4) is 0 Å². The molecule has 3 nitrogen and oxygen atoms in total. The number of pyridine rings is 1. The molecule has 0 spiro atoms. The van der Waals surface area contributed by atoms with Gasteiger partial charge in [-0.3, -0.25) is 4.79 Å². The Kier molecular flexibility index (Phi) is 2.59. The number of aromatic nitrogens is 1. The lowest BCUT2D eigenvalue weighted by atomic mass is 10.3. The molecule has 1 fully saturated rings. The summed E-state index contributed by atoms with van der Waals surface area (Å²) in [6.45, 7) is 3.80. The van der Waals surface area contributed by atoms with Crippen molar-refractivity contribution in [2.75, 3.05) is 18.0 Å². The van der Waals surface area contributed by atoms with Crippen molar-refractivity contribution in [1.82, 2.24) is 4.98 Å². The summed E-state index contributed by atoms with van der Waals surface area (Å²) < 4.78 is 0. The number of rotatable bonds is 2. The summed E-state index contributed by atoms with van der Waals surface area (Å²) in [5.74, 6) is 1.17. The molecule has 0 aromatic carbocycles. The van der Waals surface area contributed by atoms with Crippen molar-refractivity contribution >= 4 is 33.2 Å². The number of Topliss-reactive ketones (excluding diaryl/α,β-unsaturated/α-hetero) is 1. The van der Waals surface area contributed by atoms with Crippen LogP contribution < -0.4 is 4.90 Å². The molecule has 1 saturated heterocycles. The molecule has 0 aliphatic carbocycles. The highest BCUT2D eigenvalue weighted by atomic mass is 32.1. The lowest BCUT2D eigenvalue weighted by molar-refractivity contribution is 0.102. The SMILES string of the molecule is CC(=O)c1cc2ccc(N3CCCC3)nc2s1. The van der Waals surface area contributed by atoms with Gasteiger partial charge in [-0.05, 0) is 38.0 Å². The normalized spacial score (nSPS) is 15.7. The van der Waals surface area contributed by atoms with Crippen LogP contribution in [-0.4, -0.2) is 23.9 Å². The zero-order valence-corrected chi connectivity index (χ0v) is 10.6. The molecule has 0 N–H and O–H groups in total. The van der Waals surface area contributed by atoms with Crippen LogP contribution in [0.1, 0.15) is 29.4 Å². The van der Waals surface area contributed by atoms with Crippen LogP contribution in [0.15, 0.2) is 18.2 Å². The molecule has 0 atom stereocenters. The van der Waals surface area contributed by atoms with Crippen LogP contribution >= 0.6 is 11.3 Å². The van der Waals surface area contributed by atoms with E-state index in [4.69, 9.17) is 0 Å². The second kappa shape index (κ2) is 4.11. The molecule has 17 heavy (non-hydrogen) atoms. The molecule has 0 amide bonds. The highest BCUT2D eigenvalue weighted by Crippen LogP contribution is 2.27. The number of nitrogens with zero attached hydrogens (tertiary/aromatic N) is 2. The molecular weight excluding hydrogens is 232 g/mol. The Balaban J connectivity index is 2.02. The van der Waals surface area contributed by atoms with Gasteiger partial charge in [-0.25, -0.2) is 4.98 Å². The molecule has 2 aromatic heterocycles. The van der Waals surface area contributed by atoms with Crippen LogP contribution in [0.4, 0.5) is 5.82 Å². The number of fused-ring (bicyclic) bond motifs is 1. The first-order chi connectivity index (χ1) is 8.24. The molecule has 3 heterocycles. The predicted octanol–water partition coefficient (Wildman–Crippen LogP) is 3.10. The van der Waals surface area contributed by atoms with Crippen molar-refractivity contribution in [3.05, 3.63) is 23.1 Å². The van der Waals surface area contributed by atoms with E-state index >= 15 is 0 Å². The summed E-state index contributed by atoms with van der Waals surface area (Å²) in [5.41, 5.74) is 0. The highest BCUT2D eigenvalue weighted by Gasteiger charge is 2.14. The summed E-state index contributed by atoms with van der Waals surface area (Å²) in [7, 11) is 0. The Bertz CT molecular complexity index is 570. The minimum Gasteiger partial charge on any atom is -0.357 e. The summed E-state index contributed by atoms with van der Waals surface area (Å²) in [5, 5.41) is 1.07. The monoisotopic (exact) mass is 246 g/mol. The minimum absolute atomic E-state index is 0.121. The number of hydrogen-bond acceptors (Lipinski definition) is 4. The van der Waals surface area contributed by atoms with Crippen molar-refractivity contribution < 1.29 is 4.79 Å². The molecule has 3 rings (SSSR count). The molecule has 2 aromatic rings. The van der Waals surface area contributed by atoms with Crippen molar-refractivity contribution in [1.29, 1.82) is 0 Å². The van der Waals surface area contributed by atoms with Crippen molar-refractivity contribution in [2.24, 2.45) is 0 Å². The maximum Gasteiger partial charge on any atom is 0.169 e. The van der Waals surface area contributed by atoms with E-state index in [1.165, 1.54) is 24.2 Å². The van der Waals surface area contributed by atoms with Gasteiger partial charge < -0.3 is 4.90 Å². The first-order valence-electron chi connectivity index (χ1n) is 5.90. The van der Waals surface area contributed by atoms with E-state index in [2.05, 4.69) is 22.0 Å². The molecule has 0 saturated carbocycles. The fourth-order valence-electron chi connectivity index (χ4n) is 2.20. The van der Waals surface area contributed by atoms with Crippen LogP contribution in [0.5, 0.6) is 0 Å². The number of carbonyl (C=O) groups excluding carboxylic acids is 1. The Labute approximate surface area is 104 Å². The summed E-state index contributed by atoms with van der Waals surface area (Å²) in [6, 6.07) is 6.06. The number of carbonyl (C=O) groups is 1. The lowest BCUT2D eigenvalue weighted by Gasteiger charge is -2.15. The van der Waals surface area contributed by atoms with Crippen molar-refractivity contribution in [3.8, 4) is 0 Å². The minimum atomic E-state index is 0.121. The van der Waals surface area contributed by atoms with Crippen molar-refractivity contribution in [3.63, 3.8) is 0 Å². The van der Waals surface area contributed by atoms with Gasteiger partial charge in [0.25, 0.3) is 0 Å². The van der Waals surface area contributed by atoms with Gasteiger partial charge in [0.1, 0.15) is 10.6 Å². The smallest absolute Gasteiger partial charge is 0.169 e.